The zero-order chi connectivity index (χ0) is 12.8. The summed E-state index contributed by atoms with van der Waals surface area (Å²) >= 11 is 0. The molecule has 0 aliphatic rings. The molecule has 1 amide bonds. The summed E-state index contributed by atoms with van der Waals surface area (Å²) in [5.74, 6) is -3.76. The quantitative estimate of drug-likeness (QED) is 0.604. The number of rotatable bonds is 7. The van der Waals surface area contributed by atoms with E-state index in [-0.39, 0.29) is 6.54 Å². The Kier molecular flexibility index (Phi) is 5.81. The maximum atomic E-state index is 12.7. The molecule has 96 valence electrons. The first-order chi connectivity index (χ1) is 7.37. The van der Waals surface area contributed by atoms with Crippen molar-refractivity contribution in [2.24, 2.45) is 11.1 Å². The van der Waals surface area contributed by atoms with Gasteiger partial charge in [-0.05, 0) is 12.8 Å². The van der Waals surface area contributed by atoms with Crippen LogP contribution < -0.4 is 11.1 Å². The number of carbonyl (C=O) groups excluding carboxylic acids is 1. The predicted molar refractivity (Wildman–Crippen MR) is 57.1 cm³/mol. The number of alkyl halides is 2. The van der Waals surface area contributed by atoms with Crippen molar-refractivity contribution < 1.29 is 18.7 Å². The second-order valence-electron chi connectivity index (χ2n) is 3.89. The summed E-state index contributed by atoms with van der Waals surface area (Å²) in [6, 6.07) is 0. The summed E-state index contributed by atoms with van der Waals surface area (Å²) in [4.78, 5) is 11.7. The molecule has 0 saturated carbocycles. The molecule has 6 heteroatoms. The molecule has 0 aromatic heterocycles. The van der Waals surface area contributed by atoms with Crippen LogP contribution in [0, 0.1) is 5.41 Å². The Balaban J connectivity index is 4.44. The van der Waals surface area contributed by atoms with E-state index in [1.165, 1.54) is 0 Å². The molecule has 0 bridgehead atoms. The second kappa shape index (κ2) is 6.10. The molecule has 0 fully saturated rings. The maximum Gasteiger partial charge on any atom is 0.287 e. The smallest absolute Gasteiger partial charge is 0.287 e. The van der Waals surface area contributed by atoms with Gasteiger partial charge in [0, 0.05) is 6.54 Å². The number of nitrogens with one attached hydrogen (secondary N) is 1. The number of aliphatic hydroxyl groups is 1. The molecular weight excluding hydrogens is 218 g/mol. The number of hydrogen-bond donors (Lipinski definition) is 3. The highest BCUT2D eigenvalue weighted by molar-refractivity contribution is 5.82. The summed E-state index contributed by atoms with van der Waals surface area (Å²) in [7, 11) is 0. The minimum absolute atomic E-state index is 0.122. The van der Waals surface area contributed by atoms with Gasteiger partial charge in [0.05, 0.1) is 12.0 Å². The molecule has 0 heterocycles. The molecule has 0 aromatic rings. The van der Waals surface area contributed by atoms with Crippen LogP contribution in [-0.2, 0) is 4.79 Å². The lowest BCUT2D eigenvalue weighted by Gasteiger charge is -2.29. The Morgan fingerprint density at radius 1 is 1.38 bits per heavy atom. The summed E-state index contributed by atoms with van der Waals surface area (Å²) < 4.78 is 25.4. The maximum absolute atomic E-state index is 12.7. The molecule has 16 heavy (non-hydrogen) atoms. The Morgan fingerprint density at radius 2 is 1.88 bits per heavy atom. The second-order valence-corrected chi connectivity index (χ2v) is 3.89. The van der Waals surface area contributed by atoms with Crippen molar-refractivity contribution in [1.29, 1.82) is 0 Å². The van der Waals surface area contributed by atoms with Crippen molar-refractivity contribution in [3.8, 4) is 0 Å². The van der Waals surface area contributed by atoms with E-state index in [1.807, 2.05) is 0 Å². The molecule has 0 spiro atoms. The number of amides is 1. The van der Waals surface area contributed by atoms with Crippen molar-refractivity contribution in [1.82, 2.24) is 5.32 Å². The average Bonchev–Trinajstić information content (AvgIpc) is 2.29. The van der Waals surface area contributed by atoms with Gasteiger partial charge >= 0.3 is 0 Å². The van der Waals surface area contributed by atoms with E-state index in [2.05, 4.69) is 5.32 Å². The molecule has 0 aliphatic carbocycles. The van der Waals surface area contributed by atoms with Gasteiger partial charge in [-0.3, -0.25) is 4.79 Å². The SMILES string of the molecule is CCC(CC)(CN)C(=O)NCC(F)(F)CO. The number of nitrogens with two attached hydrogens (primary N) is 1. The Morgan fingerprint density at radius 3 is 2.19 bits per heavy atom. The van der Waals surface area contributed by atoms with Gasteiger partial charge in [0.25, 0.3) is 5.92 Å². The highest BCUT2D eigenvalue weighted by Crippen LogP contribution is 2.25. The van der Waals surface area contributed by atoms with Crippen LogP contribution in [0.25, 0.3) is 0 Å². The van der Waals surface area contributed by atoms with Gasteiger partial charge in [-0.2, -0.15) is 0 Å². The van der Waals surface area contributed by atoms with Crippen molar-refractivity contribution in [2.75, 3.05) is 19.7 Å². The average molecular weight is 238 g/mol. The monoisotopic (exact) mass is 238 g/mol. The standard InChI is InChI=1S/C10H20F2N2O2/c1-3-9(4-2,5-13)8(16)14-6-10(11,12)7-15/h15H,3-7,13H2,1-2H3,(H,14,16). The van der Waals surface area contributed by atoms with Crippen molar-refractivity contribution in [3.63, 3.8) is 0 Å². The van der Waals surface area contributed by atoms with Crippen LogP contribution in [0.1, 0.15) is 26.7 Å². The van der Waals surface area contributed by atoms with E-state index in [1.54, 1.807) is 13.8 Å². The van der Waals surface area contributed by atoms with Gasteiger partial charge in [0.1, 0.15) is 6.61 Å². The fraction of sp³-hybridized carbons (Fsp3) is 0.900. The fourth-order valence-electron chi connectivity index (χ4n) is 1.41. The third-order valence-corrected chi connectivity index (χ3v) is 2.96. The normalized spacial score (nSPS) is 12.6. The summed E-state index contributed by atoms with van der Waals surface area (Å²) in [5, 5.41) is 10.5. The minimum atomic E-state index is -3.28. The van der Waals surface area contributed by atoms with Crippen LogP contribution in [0.2, 0.25) is 0 Å². The number of aliphatic hydroxyl groups excluding tert-OH is 1. The molecule has 0 saturated heterocycles. The third kappa shape index (κ3) is 3.68. The van der Waals surface area contributed by atoms with Crippen LogP contribution in [0.4, 0.5) is 8.78 Å². The van der Waals surface area contributed by atoms with Crippen molar-refractivity contribution in [3.05, 3.63) is 0 Å². The lowest BCUT2D eigenvalue weighted by atomic mass is 9.81. The van der Waals surface area contributed by atoms with E-state index in [4.69, 9.17) is 10.8 Å². The molecule has 4 nitrogen and oxygen atoms in total. The molecule has 0 aliphatic heterocycles. The van der Waals surface area contributed by atoms with Crippen LogP contribution in [-0.4, -0.2) is 36.6 Å². The molecule has 0 unspecified atom stereocenters. The number of carbonyl (C=O) groups is 1. The van der Waals surface area contributed by atoms with Gasteiger partial charge in [-0.15, -0.1) is 0 Å². The van der Waals surface area contributed by atoms with E-state index in [0.29, 0.717) is 12.8 Å². The first kappa shape index (κ1) is 15.2. The molecule has 0 aromatic carbocycles. The van der Waals surface area contributed by atoms with E-state index in [0.717, 1.165) is 0 Å². The summed E-state index contributed by atoms with van der Waals surface area (Å²) in [6.07, 6.45) is 0.993. The largest absolute Gasteiger partial charge is 0.390 e. The van der Waals surface area contributed by atoms with Gasteiger partial charge in [0.15, 0.2) is 0 Å². The van der Waals surface area contributed by atoms with E-state index in [9.17, 15) is 13.6 Å². The number of hydrogen-bond acceptors (Lipinski definition) is 3. The fourth-order valence-corrected chi connectivity index (χ4v) is 1.41. The van der Waals surface area contributed by atoms with Crippen molar-refractivity contribution >= 4 is 5.91 Å². The Bertz CT molecular complexity index is 223. The first-order valence-corrected chi connectivity index (χ1v) is 5.34. The Hall–Kier alpha value is -0.750. The first-order valence-electron chi connectivity index (χ1n) is 5.34. The van der Waals surface area contributed by atoms with Crippen molar-refractivity contribution in [2.45, 2.75) is 32.6 Å². The van der Waals surface area contributed by atoms with Crippen LogP contribution in [0.5, 0.6) is 0 Å². The topological polar surface area (TPSA) is 75.4 Å². The molecular formula is C10H20F2N2O2. The zero-order valence-electron chi connectivity index (χ0n) is 9.72. The van der Waals surface area contributed by atoms with Crippen LogP contribution in [0.3, 0.4) is 0 Å². The van der Waals surface area contributed by atoms with Gasteiger partial charge < -0.3 is 16.2 Å². The van der Waals surface area contributed by atoms with Gasteiger partial charge in [-0.1, -0.05) is 13.8 Å². The minimum Gasteiger partial charge on any atom is -0.390 e. The van der Waals surface area contributed by atoms with Crippen LogP contribution >= 0.6 is 0 Å². The molecule has 4 N–H and O–H groups in total. The highest BCUT2D eigenvalue weighted by Gasteiger charge is 2.36. The lowest BCUT2D eigenvalue weighted by Crippen LogP contribution is -2.49. The molecule has 0 atom stereocenters. The predicted octanol–water partition coefficient (Wildman–Crippen LogP) is 0.495. The third-order valence-electron chi connectivity index (χ3n) is 2.96. The number of halogens is 2. The van der Waals surface area contributed by atoms with Crippen LogP contribution in [0.15, 0.2) is 0 Å². The van der Waals surface area contributed by atoms with Gasteiger partial charge in [0.2, 0.25) is 5.91 Å². The summed E-state index contributed by atoms with van der Waals surface area (Å²) in [6.45, 7) is 1.57. The summed E-state index contributed by atoms with van der Waals surface area (Å²) in [5.41, 5.74) is 4.72. The van der Waals surface area contributed by atoms with E-state index < -0.39 is 30.4 Å². The highest BCUT2D eigenvalue weighted by atomic mass is 19.3. The zero-order valence-corrected chi connectivity index (χ0v) is 9.72. The Labute approximate surface area is 94.2 Å². The molecule has 0 radical (unpaired) electrons. The van der Waals surface area contributed by atoms with Gasteiger partial charge in [-0.25, -0.2) is 8.78 Å². The lowest BCUT2D eigenvalue weighted by molar-refractivity contribution is -0.133. The van der Waals surface area contributed by atoms with E-state index >= 15 is 0 Å². The molecule has 0 rings (SSSR count).